The van der Waals surface area contributed by atoms with Crippen LogP contribution >= 0.6 is 0 Å². The smallest absolute Gasteiger partial charge is 0.313 e. The molecule has 1 fully saturated rings. The summed E-state index contributed by atoms with van der Waals surface area (Å²) in [6, 6.07) is 1.96. The summed E-state index contributed by atoms with van der Waals surface area (Å²) in [7, 11) is 0. The summed E-state index contributed by atoms with van der Waals surface area (Å²) in [4.78, 5) is 11.7. The highest BCUT2D eigenvalue weighted by molar-refractivity contribution is 5.75. The van der Waals surface area contributed by atoms with Crippen LogP contribution in [0.1, 0.15) is 25.7 Å². The van der Waals surface area contributed by atoms with Crippen molar-refractivity contribution >= 4 is 5.97 Å². The van der Waals surface area contributed by atoms with Crippen LogP contribution in [-0.4, -0.2) is 22.4 Å². The van der Waals surface area contributed by atoms with Gasteiger partial charge in [-0.2, -0.15) is 5.10 Å². The maximum Gasteiger partial charge on any atom is 0.313 e. The van der Waals surface area contributed by atoms with Crippen LogP contribution < -0.4 is 0 Å². The Balaban J connectivity index is 1.61. The first-order valence-corrected chi connectivity index (χ1v) is 7.13. The lowest BCUT2D eigenvalue weighted by Gasteiger charge is -2.24. The van der Waals surface area contributed by atoms with Crippen molar-refractivity contribution in [2.45, 2.75) is 32.2 Å². The van der Waals surface area contributed by atoms with Crippen LogP contribution in [0.15, 0.2) is 30.6 Å². The Morgan fingerprint density at radius 3 is 3.05 bits per heavy atom. The minimum absolute atomic E-state index is 0.0306. The number of carbonyl (C=O) groups excluding carboxylic acids is 1. The van der Waals surface area contributed by atoms with Crippen LogP contribution in [-0.2, 0) is 16.1 Å². The van der Waals surface area contributed by atoms with Crippen LogP contribution in [0.25, 0.3) is 0 Å². The third kappa shape index (κ3) is 2.88. The van der Waals surface area contributed by atoms with E-state index in [-0.39, 0.29) is 11.9 Å². The van der Waals surface area contributed by atoms with E-state index in [1.165, 1.54) is 19.3 Å². The van der Waals surface area contributed by atoms with Crippen molar-refractivity contribution in [2.75, 3.05) is 6.61 Å². The molecule has 1 aromatic rings. The topological polar surface area (TPSA) is 44.1 Å². The number of cyclic esters (lactones) is 1. The first-order chi connectivity index (χ1) is 9.33. The number of nitrogens with zero attached hydrogens (tertiary/aromatic N) is 2. The van der Waals surface area contributed by atoms with Crippen molar-refractivity contribution in [3.63, 3.8) is 0 Å². The van der Waals surface area contributed by atoms with Gasteiger partial charge in [-0.25, -0.2) is 0 Å². The molecule has 0 saturated heterocycles. The highest BCUT2D eigenvalue weighted by Crippen LogP contribution is 2.37. The molecule has 4 heteroatoms. The van der Waals surface area contributed by atoms with Gasteiger partial charge < -0.3 is 4.74 Å². The van der Waals surface area contributed by atoms with Gasteiger partial charge in [0.05, 0.1) is 5.92 Å². The second-order valence-corrected chi connectivity index (χ2v) is 5.58. The summed E-state index contributed by atoms with van der Waals surface area (Å²) in [5, 5.41) is 4.29. The fourth-order valence-corrected chi connectivity index (χ4v) is 3.35. The fraction of sp³-hybridized carbons (Fsp3) is 0.600. The Bertz CT molecular complexity index is 453. The first kappa shape index (κ1) is 12.5. The van der Waals surface area contributed by atoms with E-state index in [0.717, 1.165) is 13.0 Å². The van der Waals surface area contributed by atoms with Crippen molar-refractivity contribution in [1.82, 2.24) is 9.78 Å². The Morgan fingerprint density at radius 1 is 1.37 bits per heavy atom. The Morgan fingerprint density at radius 2 is 2.26 bits per heavy atom. The zero-order valence-corrected chi connectivity index (χ0v) is 11.1. The number of ether oxygens (including phenoxy) is 1. The highest BCUT2D eigenvalue weighted by Gasteiger charge is 2.32. The summed E-state index contributed by atoms with van der Waals surface area (Å²) < 4.78 is 7.11. The molecule has 2 aliphatic rings. The van der Waals surface area contributed by atoms with Crippen LogP contribution in [0.5, 0.6) is 0 Å². The van der Waals surface area contributed by atoms with E-state index in [1.54, 1.807) is 0 Å². The van der Waals surface area contributed by atoms with Crippen LogP contribution in [0.2, 0.25) is 0 Å². The molecule has 4 nitrogen and oxygen atoms in total. The monoisotopic (exact) mass is 260 g/mol. The SMILES string of the molecule is O=C1OCC=CC1CC1CCCC1Cn1cccn1. The summed E-state index contributed by atoms with van der Waals surface area (Å²) in [6.07, 6.45) is 12.5. The summed E-state index contributed by atoms with van der Waals surface area (Å²) in [5.74, 6) is 1.18. The molecule has 1 aliphatic carbocycles. The van der Waals surface area contributed by atoms with Gasteiger partial charge >= 0.3 is 5.97 Å². The van der Waals surface area contributed by atoms with Crippen molar-refractivity contribution in [1.29, 1.82) is 0 Å². The first-order valence-electron chi connectivity index (χ1n) is 7.13. The van der Waals surface area contributed by atoms with Gasteiger partial charge in [0.15, 0.2) is 0 Å². The lowest BCUT2D eigenvalue weighted by molar-refractivity contribution is -0.147. The molecule has 0 N–H and O–H groups in total. The number of hydrogen-bond donors (Lipinski definition) is 0. The summed E-state index contributed by atoms with van der Waals surface area (Å²) in [6.45, 7) is 1.42. The normalized spacial score (nSPS) is 30.5. The second-order valence-electron chi connectivity index (χ2n) is 5.58. The molecule has 0 radical (unpaired) electrons. The van der Waals surface area contributed by atoms with E-state index in [9.17, 15) is 4.79 Å². The van der Waals surface area contributed by atoms with E-state index in [2.05, 4.69) is 5.10 Å². The molecule has 0 bridgehead atoms. The number of aromatic nitrogens is 2. The molecule has 2 heterocycles. The average Bonchev–Trinajstić information content (AvgIpc) is 3.06. The zero-order valence-electron chi connectivity index (χ0n) is 11.1. The molecule has 102 valence electrons. The van der Waals surface area contributed by atoms with Crippen molar-refractivity contribution in [3.8, 4) is 0 Å². The maximum atomic E-state index is 11.7. The van der Waals surface area contributed by atoms with Crippen LogP contribution in [0, 0.1) is 17.8 Å². The average molecular weight is 260 g/mol. The molecule has 3 atom stereocenters. The molecule has 3 rings (SSSR count). The molecule has 0 spiro atoms. The van der Waals surface area contributed by atoms with E-state index in [1.807, 2.05) is 35.3 Å². The van der Waals surface area contributed by atoms with E-state index in [0.29, 0.717) is 18.4 Å². The molecule has 1 aliphatic heterocycles. The van der Waals surface area contributed by atoms with Gasteiger partial charge in [-0.3, -0.25) is 9.48 Å². The largest absolute Gasteiger partial charge is 0.461 e. The molecule has 0 amide bonds. The number of esters is 1. The lowest BCUT2D eigenvalue weighted by Crippen LogP contribution is -2.25. The van der Waals surface area contributed by atoms with Crippen LogP contribution in [0.4, 0.5) is 0 Å². The Hall–Kier alpha value is -1.58. The standard InChI is InChI=1S/C15H20N2O2/c18-15-13(6-2-9-19-15)10-12-4-1-5-14(12)11-17-8-3-7-16-17/h2-3,6-8,12-14H,1,4-5,9-11H2. The summed E-state index contributed by atoms with van der Waals surface area (Å²) in [5.41, 5.74) is 0. The van der Waals surface area contributed by atoms with Crippen molar-refractivity contribution in [2.24, 2.45) is 17.8 Å². The third-order valence-electron chi connectivity index (χ3n) is 4.35. The van der Waals surface area contributed by atoms with Gasteiger partial charge in [-0.1, -0.05) is 25.0 Å². The molecule has 3 unspecified atom stereocenters. The van der Waals surface area contributed by atoms with Crippen molar-refractivity contribution in [3.05, 3.63) is 30.6 Å². The van der Waals surface area contributed by atoms with Crippen LogP contribution in [0.3, 0.4) is 0 Å². The number of carbonyl (C=O) groups is 1. The molecule has 0 aromatic carbocycles. The third-order valence-corrected chi connectivity index (χ3v) is 4.35. The fourth-order valence-electron chi connectivity index (χ4n) is 3.35. The molecule has 1 aromatic heterocycles. The zero-order chi connectivity index (χ0) is 13.1. The molecular formula is C15H20N2O2. The van der Waals surface area contributed by atoms with Crippen molar-refractivity contribution < 1.29 is 9.53 Å². The van der Waals surface area contributed by atoms with E-state index in [4.69, 9.17) is 4.74 Å². The summed E-state index contributed by atoms with van der Waals surface area (Å²) >= 11 is 0. The molecular weight excluding hydrogens is 240 g/mol. The second kappa shape index (κ2) is 5.59. The van der Waals surface area contributed by atoms with Gasteiger partial charge in [-0.05, 0) is 30.7 Å². The number of rotatable bonds is 4. The van der Waals surface area contributed by atoms with Gasteiger partial charge in [0.25, 0.3) is 0 Å². The number of hydrogen-bond acceptors (Lipinski definition) is 3. The van der Waals surface area contributed by atoms with Gasteiger partial charge in [0.1, 0.15) is 6.61 Å². The van der Waals surface area contributed by atoms with Gasteiger partial charge in [0.2, 0.25) is 0 Å². The predicted octanol–water partition coefficient (Wildman–Crippen LogP) is 2.42. The lowest BCUT2D eigenvalue weighted by atomic mass is 9.86. The molecule has 19 heavy (non-hydrogen) atoms. The predicted molar refractivity (Wildman–Crippen MR) is 71.3 cm³/mol. The van der Waals surface area contributed by atoms with E-state index < -0.39 is 0 Å². The quantitative estimate of drug-likeness (QED) is 0.617. The molecule has 1 saturated carbocycles. The van der Waals surface area contributed by atoms with Gasteiger partial charge in [0, 0.05) is 18.9 Å². The minimum Gasteiger partial charge on any atom is -0.461 e. The van der Waals surface area contributed by atoms with E-state index >= 15 is 0 Å². The maximum absolute atomic E-state index is 11.7. The minimum atomic E-state index is -0.0489. The van der Waals surface area contributed by atoms with Gasteiger partial charge in [-0.15, -0.1) is 0 Å². The Kier molecular flexibility index (Phi) is 3.67. The Labute approximate surface area is 113 Å². The highest BCUT2D eigenvalue weighted by atomic mass is 16.5.